The van der Waals surface area contributed by atoms with Crippen molar-refractivity contribution in [3.63, 3.8) is 0 Å². The Morgan fingerprint density at radius 3 is 2.64 bits per heavy atom. The van der Waals surface area contributed by atoms with Crippen molar-refractivity contribution in [2.45, 2.75) is 6.92 Å². The molecule has 7 nitrogen and oxygen atoms in total. The molecule has 2 heterocycles. The predicted octanol–water partition coefficient (Wildman–Crippen LogP) is 5.19. The highest BCUT2D eigenvalue weighted by molar-refractivity contribution is 7.19. The Morgan fingerprint density at radius 1 is 1.25 bits per heavy atom. The summed E-state index contributed by atoms with van der Waals surface area (Å²) in [5.74, 6) is -0.343. The van der Waals surface area contributed by atoms with E-state index in [2.05, 4.69) is 10.3 Å². The molecule has 28 heavy (non-hydrogen) atoms. The molecule has 0 saturated carbocycles. The van der Waals surface area contributed by atoms with Crippen LogP contribution >= 0.6 is 22.9 Å². The fraction of sp³-hybridized carbons (Fsp3) is 0.0526. The second kappa shape index (κ2) is 7.06. The van der Waals surface area contributed by atoms with Gasteiger partial charge in [-0.2, -0.15) is 0 Å². The number of nitrogens with one attached hydrogen (secondary N) is 1. The summed E-state index contributed by atoms with van der Waals surface area (Å²) in [6.07, 6.45) is 1.89. The first kappa shape index (κ1) is 18.1. The lowest BCUT2D eigenvalue weighted by molar-refractivity contribution is -0.384. The second-order valence-electron chi connectivity index (χ2n) is 6.04. The molecule has 4 aromatic rings. The average Bonchev–Trinajstić information content (AvgIpc) is 3.23. The number of hydrogen-bond acceptors (Lipinski definition) is 5. The van der Waals surface area contributed by atoms with Gasteiger partial charge in [0.05, 0.1) is 21.3 Å². The van der Waals surface area contributed by atoms with Crippen molar-refractivity contribution < 1.29 is 9.72 Å². The van der Waals surface area contributed by atoms with Gasteiger partial charge in [-0.15, -0.1) is 0 Å². The Kier molecular flexibility index (Phi) is 4.58. The van der Waals surface area contributed by atoms with Crippen molar-refractivity contribution >= 4 is 45.2 Å². The molecule has 0 unspecified atom stereocenters. The highest BCUT2D eigenvalue weighted by Crippen LogP contribution is 2.30. The minimum Gasteiger partial charge on any atom is -0.320 e. The number of rotatable bonds is 4. The summed E-state index contributed by atoms with van der Waals surface area (Å²) in [5.41, 5.74) is 2.77. The largest absolute Gasteiger partial charge is 0.320 e. The van der Waals surface area contributed by atoms with E-state index in [-0.39, 0.29) is 16.6 Å². The van der Waals surface area contributed by atoms with Gasteiger partial charge in [-0.3, -0.25) is 19.3 Å². The SMILES string of the molecule is Cc1c(C(=O)Nc2ccc([N+](=O)[O-])cc2Cl)sc2nc(-c3ccccc3)cn12. The van der Waals surface area contributed by atoms with Gasteiger partial charge in [0.1, 0.15) is 4.88 Å². The van der Waals surface area contributed by atoms with Crippen molar-refractivity contribution in [3.05, 3.63) is 80.4 Å². The van der Waals surface area contributed by atoms with E-state index < -0.39 is 4.92 Å². The van der Waals surface area contributed by atoms with Crippen LogP contribution in [0, 0.1) is 17.0 Å². The topological polar surface area (TPSA) is 89.5 Å². The van der Waals surface area contributed by atoms with Crippen LogP contribution in [0.25, 0.3) is 16.2 Å². The number of imidazole rings is 1. The van der Waals surface area contributed by atoms with E-state index in [1.807, 2.05) is 47.9 Å². The van der Waals surface area contributed by atoms with Gasteiger partial charge in [0.2, 0.25) is 0 Å². The van der Waals surface area contributed by atoms with Crippen LogP contribution in [0.5, 0.6) is 0 Å². The molecule has 1 amide bonds. The molecule has 140 valence electrons. The van der Waals surface area contributed by atoms with E-state index in [0.29, 0.717) is 15.5 Å². The first-order valence-electron chi connectivity index (χ1n) is 8.23. The summed E-state index contributed by atoms with van der Waals surface area (Å²) < 4.78 is 1.87. The average molecular weight is 413 g/mol. The highest BCUT2D eigenvalue weighted by Gasteiger charge is 2.19. The zero-order chi connectivity index (χ0) is 19.8. The van der Waals surface area contributed by atoms with Crippen LogP contribution < -0.4 is 5.32 Å². The zero-order valence-electron chi connectivity index (χ0n) is 14.5. The third kappa shape index (κ3) is 3.23. The van der Waals surface area contributed by atoms with Crippen molar-refractivity contribution in [1.82, 2.24) is 9.38 Å². The third-order valence-electron chi connectivity index (χ3n) is 4.24. The predicted molar refractivity (Wildman–Crippen MR) is 109 cm³/mol. The van der Waals surface area contributed by atoms with Crippen molar-refractivity contribution in [3.8, 4) is 11.3 Å². The van der Waals surface area contributed by atoms with Crippen LogP contribution in [0.1, 0.15) is 15.4 Å². The van der Waals surface area contributed by atoms with Crippen LogP contribution in [-0.2, 0) is 0 Å². The monoisotopic (exact) mass is 412 g/mol. The van der Waals surface area contributed by atoms with E-state index in [0.717, 1.165) is 17.0 Å². The number of fused-ring (bicyclic) bond motifs is 1. The van der Waals surface area contributed by atoms with E-state index in [1.54, 1.807) is 0 Å². The number of nitro groups is 1. The maximum atomic E-state index is 12.7. The molecule has 1 N–H and O–H groups in total. The Morgan fingerprint density at radius 2 is 2.00 bits per heavy atom. The number of halogens is 1. The quantitative estimate of drug-likeness (QED) is 0.369. The van der Waals surface area contributed by atoms with Crippen molar-refractivity contribution in [2.24, 2.45) is 0 Å². The maximum Gasteiger partial charge on any atom is 0.271 e. The number of benzene rings is 2. The molecular weight excluding hydrogens is 400 g/mol. The Labute approximate surface area is 168 Å². The Bertz CT molecular complexity index is 1220. The highest BCUT2D eigenvalue weighted by atomic mass is 35.5. The summed E-state index contributed by atoms with van der Waals surface area (Å²) in [7, 11) is 0. The summed E-state index contributed by atoms with van der Waals surface area (Å²) in [6.45, 7) is 1.84. The number of aryl methyl sites for hydroxylation is 1. The smallest absolute Gasteiger partial charge is 0.271 e. The van der Waals surface area contributed by atoms with E-state index in [4.69, 9.17) is 11.6 Å². The second-order valence-corrected chi connectivity index (χ2v) is 7.42. The van der Waals surface area contributed by atoms with Gasteiger partial charge < -0.3 is 5.32 Å². The lowest BCUT2D eigenvalue weighted by atomic mass is 10.2. The minimum absolute atomic E-state index is 0.105. The summed E-state index contributed by atoms with van der Waals surface area (Å²) in [5, 5.41) is 13.6. The van der Waals surface area contributed by atoms with Crippen molar-refractivity contribution in [2.75, 3.05) is 5.32 Å². The number of aromatic nitrogens is 2. The standard InChI is InChI=1S/C19H13ClN4O3S/c1-11-17(18(25)21-15-8-7-13(24(26)27)9-14(15)20)28-19-22-16(10-23(11)19)12-5-3-2-4-6-12/h2-10H,1H3,(H,21,25). The Balaban J connectivity index is 1.62. The molecule has 0 bridgehead atoms. The Hall–Kier alpha value is -3.23. The van der Waals surface area contributed by atoms with Gasteiger partial charge in [0, 0.05) is 29.6 Å². The summed E-state index contributed by atoms with van der Waals surface area (Å²) in [6, 6.07) is 13.7. The van der Waals surface area contributed by atoms with Gasteiger partial charge in [-0.25, -0.2) is 4.98 Å². The molecule has 0 radical (unpaired) electrons. The molecule has 0 spiro atoms. The molecule has 0 aliphatic rings. The number of non-ortho nitro benzene ring substituents is 1. The zero-order valence-corrected chi connectivity index (χ0v) is 16.1. The number of hydrogen-bond donors (Lipinski definition) is 1. The van der Waals surface area contributed by atoms with Crippen LogP contribution in [0.3, 0.4) is 0 Å². The molecule has 2 aromatic heterocycles. The van der Waals surface area contributed by atoms with Crippen LogP contribution in [0.4, 0.5) is 11.4 Å². The number of anilines is 1. The van der Waals surface area contributed by atoms with Gasteiger partial charge in [0.15, 0.2) is 4.96 Å². The first-order valence-corrected chi connectivity index (χ1v) is 9.42. The molecule has 2 aromatic carbocycles. The number of amides is 1. The van der Waals surface area contributed by atoms with Crippen LogP contribution in [0.2, 0.25) is 5.02 Å². The van der Waals surface area contributed by atoms with Gasteiger partial charge in [0.25, 0.3) is 11.6 Å². The molecule has 4 rings (SSSR count). The van der Waals surface area contributed by atoms with Crippen LogP contribution in [0.15, 0.2) is 54.7 Å². The minimum atomic E-state index is -0.541. The van der Waals surface area contributed by atoms with Gasteiger partial charge in [-0.05, 0) is 13.0 Å². The van der Waals surface area contributed by atoms with Crippen LogP contribution in [-0.4, -0.2) is 20.2 Å². The van der Waals surface area contributed by atoms with E-state index >= 15 is 0 Å². The van der Waals surface area contributed by atoms with Gasteiger partial charge in [-0.1, -0.05) is 53.3 Å². The maximum absolute atomic E-state index is 12.7. The fourth-order valence-electron chi connectivity index (χ4n) is 2.81. The molecule has 9 heteroatoms. The molecule has 0 aliphatic carbocycles. The number of thiazole rings is 1. The fourth-order valence-corrected chi connectivity index (χ4v) is 4.03. The molecule has 0 atom stereocenters. The summed E-state index contributed by atoms with van der Waals surface area (Å²) >= 11 is 7.33. The van der Waals surface area contributed by atoms with Gasteiger partial charge >= 0.3 is 0 Å². The molecule has 0 aliphatic heterocycles. The first-order chi connectivity index (χ1) is 13.4. The lowest BCUT2D eigenvalue weighted by Gasteiger charge is -2.06. The normalized spacial score (nSPS) is 10.9. The number of nitrogens with zero attached hydrogens (tertiary/aromatic N) is 3. The lowest BCUT2D eigenvalue weighted by Crippen LogP contribution is -2.12. The number of carbonyl (C=O) groups excluding carboxylic acids is 1. The molecule has 0 fully saturated rings. The number of carbonyl (C=O) groups is 1. The molecular formula is C19H13ClN4O3S. The van der Waals surface area contributed by atoms with Crippen molar-refractivity contribution in [1.29, 1.82) is 0 Å². The summed E-state index contributed by atoms with van der Waals surface area (Å²) in [4.78, 5) is 28.8. The number of nitro benzene ring substituents is 1. The van der Waals surface area contributed by atoms with E-state index in [1.165, 1.54) is 29.5 Å². The van der Waals surface area contributed by atoms with E-state index in [9.17, 15) is 14.9 Å². The third-order valence-corrected chi connectivity index (χ3v) is 5.71. The molecule has 0 saturated heterocycles.